The molecule has 0 radical (unpaired) electrons. The highest BCUT2D eigenvalue weighted by Crippen LogP contribution is 2.28. The lowest BCUT2D eigenvalue weighted by Gasteiger charge is -2.28. The van der Waals surface area contributed by atoms with E-state index in [1.54, 1.807) is 18.6 Å². The molecule has 0 aliphatic carbocycles. The van der Waals surface area contributed by atoms with E-state index < -0.39 is 0 Å². The summed E-state index contributed by atoms with van der Waals surface area (Å²) >= 11 is 0. The number of aromatic amines is 1. The fourth-order valence-electron chi connectivity index (χ4n) is 3.77. The van der Waals surface area contributed by atoms with E-state index in [1.807, 2.05) is 6.92 Å². The minimum atomic E-state index is -0.275. The van der Waals surface area contributed by atoms with E-state index in [1.165, 1.54) is 5.69 Å². The number of aromatic nitrogens is 5. The van der Waals surface area contributed by atoms with Crippen molar-refractivity contribution < 1.29 is 9.47 Å². The van der Waals surface area contributed by atoms with E-state index in [2.05, 4.69) is 62.1 Å². The van der Waals surface area contributed by atoms with Crippen LogP contribution in [0.3, 0.4) is 0 Å². The lowest BCUT2D eigenvalue weighted by Crippen LogP contribution is -2.36. The minimum absolute atomic E-state index is 0.275. The number of morpholine rings is 1. The summed E-state index contributed by atoms with van der Waals surface area (Å²) in [5, 5.41) is 0. The zero-order valence-electron chi connectivity index (χ0n) is 17.6. The molecule has 158 valence electrons. The van der Waals surface area contributed by atoms with E-state index in [-0.39, 0.29) is 6.10 Å². The predicted octanol–water partition coefficient (Wildman–Crippen LogP) is 3.70. The lowest BCUT2D eigenvalue weighted by atomic mass is 10.1. The second-order valence-electron chi connectivity index (χ2n) is 7.60. The Morgan fingerprint density at radius 2 is 1.90 bits per heavy atom. The molecular formula is C23H24N6O2. The van der Waals surface area contributed by atoms with Crippen molar-refractivity contribution >= 4 is 16.9 Å². The lowest BCUT2D eigenvalue weighted by molar-refractivity contribution is 0.122. The average molecular weight is 416 g/mol. The third-order valence-electron chi connectivity index (χ3n) is 5.45. The summed E-state index contributed by atoms with van der Waals surface area (Å²) < 4.78 is 11.4. The van der Waals surface area contributed by atoms with Gasteiger partial charge in [-0.3, -0.25) is 9.97 Å². The topological polar surface area (TPSA) is 89.0 Å². The van der Waals surface area contributed by atoms with Gasteiger partial charge in [0.25, 0.3) is 6.01 Å². The van der Waals surface area contributed by atoms with Crippen LogP contribution in [0.15, 0.2) is 48.9 Å². The van der Waals surface area contributed by atoms with Crippen LogP contribution in [-0.2, 0) is 4.74 Å². The minimum Gasteiger partial charge on any atom is -0.455 e. The van der Waals surface area contributed by atoms with Crippen LogP contribution < -0.4 is 9.64 Å². The quantitative estimate of drug-likeness (QED) is 0.531. The maximum absolute atomic E-state index is 5.93. The molecule has 8 nitrogen and oxygen atoms in total. The van der Waals surface area contributed by atoms with Gasteiger partial charge in [0.2, 0.25) is 0 Å². The normalized spacial score (nSPS) is 15.2. The molecular weight excluding hydrogens is 392 g/mol. The molecule has 1 fully saturated rings. The number of anilines is 1. The summed E-state index contributed by atoms with van der Waals surface area (Å²) in [6, 6.07) is 11.0. The number of ether oxygens (including phenoxy) is 2. The third-order valence-corrected chi connectivity index (χ3v) is 5.45. The van der Waals surface area contributed by atoms with Gasteiger partial charge >= 0.3 is 0 Å². The van der Waals surface area contributed by atoms with Gasteiger partial charge in [-0.25, -0.2) is 4.98 Å². The molecule has 4 aromatic rings. The zero-order chi connectivity index (χ0) is 21.2. The highest BCUT2D eigenvalue weighted by Gasteiger charge is 2.15. The summed E-state index contributed by atoms with van der Waals surface area (Å²) in [6.45, 7) is 7.37. The molecule has 0 amide bonds. The number of H-pyrrole nitrogens is 1. The van der Waals surface area contributed by atoms with E-state index in [0.717, 1.165) is 54.3 Å². The fraction of sp³-hybridized carbons (Fsp3) is 0.304. The van der Waals surface area contributed by atoms with E-state index in [9.17, 15) is 0 Å². The SMILES string of the molecule is Cc1cc2[nH]c(OC(C)c3cnccn3)nc2nc1-c1ccc(N2CCOCC2)cc1. The summed E-state index contributed by atoms with van der Waals surface area (Å²) in [5.74, 6) is 0. The van der Waals surface area contributed by atoms with Crippen molar-refractivity contribution in [1.82, 2.24) is 24.9 Å². The Hall–Kier alpha value is -3.52. The Kier molecular flexibility index (Phi) is 5.21. The van der Waals surface area contributed by atoms with Gasteiger partial charge in [0.05, 0.1) is 36.3 Å². The summed E-state index contributed by atoms with van der Waals surface area (Å²) in [4.78, 5) is 23.3. The third kappa shape index (κ3) is 4.06. The summed E-state index contributed by atoms with van der Waals surface area (Å²) in [5.41, 5.74) is 6.47. The van der Waals surface area contributed by atoms with Gasteiger partial charge in [0.15, 0.2) is 5.65 Å². The van der Waals surface area contributed by atoms with Crippen LogP contribution in [-0.4, -0.2) is 51.2 Å². The maximum Gasteiger partial charge on any atom is 0.296 e. The molecule has 1 aromatic carbocycles. The molecule has 5 rings (SSSR count). The molecule has 1 aliphatic heterocycles. The van der Waals surface area contributed by atoms with Crippen molar-refractivity contribution in [3.05, 3.63) is 60.2 Å². The Balaban J connectivity index is 1.39. The summed E-state index contributed by atoms with van der Waals surface area (Å²) in [6.07, 6.45) is 4.70. The second-order valence-corrected chi connectivity index (χ2v) is 7.60. The Labute approximate surface area is 180 Å². The number of nitrogens with one attached hydrogen (secondary N) is 1. The molecule has 0 saturated carbocycles. The molecule has 3 aromatic heterocycles. The standard InChI is InChI=1S/C23H24N6O2/c1-15-13-19-22(28-23(26-19)31-16(2)20-14-24-7-8-25-20)27-21(15)17-3-5-18(6-4-17)29-9-11-30-12-10-29/h3-8,13-14,16H,9-12H2,1-2H3,(H,26,27,28). The molecule has 1 N–H and O–H groups in total. The van der Waals surface area contributed by atoms with Gasteiger partial charge in [-0.2, -0.15) is 4.98 Å². The van der Waals surface area contributed by atoms with Gasteiger partial charge in [-0.05, 0) is 37.6 Å². The largest absolute Gasteiger partial charge is 0.455 e. The molecule has 8 heteroatoms. The smallest absolute Gasteiger partial charge is 0.296 e. The van der Waals surface area contributed by atoms with Gasteiger partial charge in [-0.1, -0.05) is 12.1 Å². The number of aryl methyl sites for hydroxylation is 1. The number of hydrogen-bond acceptors (Lipinski definition) is 7. The second kappa shape index (κ2) is 8.31. The zero-order valence-corrected chi connectivity index (χ0v) is 17.6. The molecule has 1 atom stereocenters. The first kappa shape index (κ1) is 19.4. The first-order chi connectivity index (χ1) is 15.2. The van der Waals surface area contributed by atoms with Crippen molar-refractivity contribution in [2.45, 2.75) is 20.0 Å². The molecule has 4 heterocycles. The number of rotatable bonds is 5. The number of benzene rings is 1. The highest BCUT2D eigenvalue weighted by atomic mass is 16.5. The first-order valence-electron chi connectivity index (χ1n) is 10.4. The number of pyridine rings is 1. The van der Waals surface area contributed by atoms with Crippen LogP contribution >= 0.6 is 0 Å². The Morgan fingerprint density at radius 1 is 1.10 bits per heavy atom. The van der Waals surface area contributed by atoms with Crippen molar-refractivity contribution in [2.75, 3.05) is 31.2 Å². The summed E-state index contributed by atoms with van der Waals surface area (Å²) in [7, 11) is 0. The van der Waals surface area contributed by atoms with Gasteiger partial charge in [-0.15, -0.1) is 0 Å². The van der Waals surface area contributed by atoms with E-state index in [4.69, 9.17) is 14.5 Å². The van der Waals surface area contributed by atoms with Crippen molar-refractivity contribution in [1.29, 1.82) is 0 Å². The van der Waals surface area contributed by atoms with Crippen molar-refractivity contribution in [2.24, 2.45) is 0 Å². The predicted molar refractivity (Wildman–Crippen MR) is 118 cm³/mol. The van der Waals surface area contributed by atoms with Crippen LogP contribution in [0, 0.1) is 6.92 Å². The first-order valence-corrected chi connectivity index (χ1v) is 10.4. The molecule has 1 aliphatic rings. The maximum atomic E-state index is 5.93. The number of imidazole rings is 1. The number of nitrogens with zero attached hydrogens (tertiary/aromatic N) is 5. The molecule has 0 spiro atoms. The Morgan fingerprint density at radius 3 is 2.65 bits per heavy atom. The number of fused-ring (bicyclic) bond motifs is 1. The molecule has 0 bridgehead atoms. The van der Waals surface area contributed by atoms with Crippen LogP contribution in [0.2, 0.25) is 0 Å². The van der Waals surface area contributed by atoms with Gasteiger partial charge in [0.1, 0.15) is 6.10 Å². The molecule has 1 unspecified atom stereocenters. The molecule has 1 saturated heterocycles. The molecule has 31 heavy (non-hydrogen) atoms. The van der Waals surface area contributed by atoms with Crippen LogP contribution in [0.4, 0.5) is 5.69 Å². The fourth-order valence-corrected chi connectivity index (χ4v) is 3.77. The van der Waals surface area contributed by atoms with Crippen LogP contribution in [0.1, 0.15) is 24.3 Å². The Bertz CT molecular complexity index is 1170. The van der Waals surface area contributed by atoms with Gasteiger partial charge < -0.3 is 19.4 Å². The van der Waals surface area contributed by atoms with Crippen LogP contribution in [0.25, 0.3) is 22.4 Å². The number of hydrogen-bond donors (Lipinski definition) is 1. The average Bonchev–Trinajstić information content (AvgIpc) is 3.20. The van der Waals surface area contributed by atoms with Gasteiger partial charge in [0, 0.05) is 36.7 Å². The highest BCUT2D eigenvalue weighted by molar-refractivity contribution is 5.78. The monoisotopic (exact) mass is 416 g/mol. The van der Waals surface area contributed by atoms with E-state index in [0.29, 0.717) is 11.7 Å². The van der Waals surface area contributed by atoms with Crippen LogP contribution in [0.5, 0.6) is 6.01 Å². The van der Waals surface area contributed by atoms with Crippen molar-refractivity contribution in [3.8, 4) is 17.3 Å². The van der Waals surface area contributed by atoms with E-state index >= 15 is 0 Å². The van der Waals surface area contributed by atoms with Crippen molar-refractivity contribution in [3.63, 3.8) is 0 Å².